The second kappa shape index (κ2) is 8.60. The van der Waals surface area contributed by atoms with Gasteiger partial charge in [-0.25, -0.2) is 4.79 Å². The second-order valence-corrected chi connectivity index (χ2v) is 4.89. The first-order valence-electron chi connectivity index (χ1n) is 5.31. The van der Waals surface area contributed by atoms with E-state index < -0.39 is 12.0 Å². The number of halogens is 1. The molecular formula is C10H19ClN2O3S. The van der Waals surface area contributed by atoms with E-state index in [1.807, 2.05) is 11.8 Å². The summed E-state index contributed by atoms with van der Waals surface area (Å²) in [5.74, 6) is 1.51. The molecule has 1 unspecified atom stereocenters. The van der Waals surface area contributed by atoms with Crippen molar-refractivity contribution >= 4 is 36.0 Å². The molecular weight excluding hydrogens is 264 g/mol. The van der Waals surface area contributed by atoms with E-state index in [1.165, 1.54) is 7.11 Å². The van der Waals surface area contributed by atoms with Crippen molar-refractivity contribution in [3.8, 4) is 0 Å². The van der Waals surface area contributed by atoms with Crippen LogP contribution >= 0.6 is 24.2 Å². The zero-order chi connectivity index (χ0) is 12.0. The summed E-state index contributed by atoms with van der Waals surface area (Å²) in [5, 5.41) is 5.88. The van der Waals surface area contributed by atoms with Gasteiger partial charge in [0.15, 0.2) is 0 Å². The summed E-state index contributed by atoms with van der Waals surface area (Å²) in [6, 6.07) is -0.364. The number of methoxy groups -OCH3 is 1. The van der Waals surface area contributed by atoms with E-state index in [1.54, 1.807) is 6.92 Å². The van der Waals surface area contributed by atoms with Crippen LogP contribution in [-0.4, -0.2) is 49.1 Å². The molecule has 0 aliphatic carbocycles. The van der Waals surface area contributed by atoms with E-state index in [2.05, 4.69) is 15.4 Å². The third kappa shape index (κ3) is 6.14. The number of ether oxygens (including phenoxy) is 1. The number of hydrogen-bond acceptors (Lipinski definition) is 5. The molecule has 0 radical (unpaired) electrons. The number of carbonyl (C=O) groups excluding carboxylic acids is 2. The molecule has 1 saturated heterocycles. The maximum Gasteiger partial charge on any atom is 0.328 e. The number of esters is 1. The average molecular weight is 283 g/mol. The number of rotatable bonds is 4. The molecule has 2 atom stereocenters. The predicted octanol–water partition coefficient (Wildman–Crippen LogP) is 0.181. The fraction of sp³-hybridized carbons (Fsp3) is 0.800. The molecule has 1 rings (SSSR count). The van der Waals surface area contributed by atoms with Gasteiger partial charge in [-0.15, -0.1) is 12.4 Å². The first-order valence-corrected chi connectivity index (χ1v) is 6.47. The summed E-state index contributed by atoms with van der Waals surface area (Å²) >= 11 is 1.84. The molecule has 2 N–H and O–H groups in total. The minimum atomic E-state index is -0.575. The molecule has 7 heteroatoms. The first-order chi connectivity index (χ1) is 7.63. The molecule has 1 amide bonds. The zero-order valence-corrected chi connectivity index (χ0v) is 11.7. The van der Waals surface area contributed by atoms with Crippen LogP contribution in [0, 0.1) is 0 Å². The van der Waals surface area contributed by atoms with Crippen molar-refractivity contribution in [1.82, 2.24) is 10.6 Å². The van der Waals surface area contributed by atoms with Gasteiger partial charge in [0.05, 0.1) is 7.11 Å². The lowest BCUT2D eigenvalue weighted by molar-refractivity contribution is -0.144. The van der Waals surface area contributed by atoms with Gasteiger partial charge in [0.25, 0.3) is 0 Å². The van der Waals surface area contributed by atoms with Gasteiger partial charge < -0.3 is 15.4 Å². The molecule has 17 heavy (non-hydrogen) atoms. The Labute approximate surface area is 112 Å². The molecule has 1 aliphatic rings. The van der Waals surface area contributed by atoms with Gasteiger partial charge in [0.2, 0.25) is 5.91 Å². The highest BCUT2D eigenvalue weighted by Crippen LogP contribution is 2.10. The van der Waals surface area contributed by atoms with Gasteiger partial charge >= 0.3 is 5.97 Å². The second-order valence-electron chi connectivity index (χ2n) is 3.74. The Morgan fingerprint density at radius 1 is 1.59 bits per heavy atom. The lowest BCUT2D eigenvalue weighted by Gasteiger charge is -2.23. The lowest BCUT2D eigenvalue weighted by atomic mass is 10.2. The Balaban J connectivity index is 0.00000256. The standard InChI is InChI=1S/C10H18N2O3S.ClH/c1-7(10(14)15-2)12-9(13)5-8-6-16-4-3-11-8;/h7-8,11H,3-6H2,1-2H3,(H,12,13);1H/t7-,8?;/m0./s1. The highest BCUT2D eigenvalue weighted by Gasteiger charge is 2.20. The van der Waals surface area contributed by atoms with E-state index in [4.69, 9.17) is 0 Å². The van der Waals surface area contributed by atoms with Gasteiger partial charge in [0.1, 0.15) is 6.04 Å². The van der Waals surface area contributed by atoms with Gasteiger partial charge in [-0.3, -0.25) is 4.79 Å². The summed E-state index contributed by atoms with van der Waals surface area (Å²) in [7, 11) is 1.31. The quantitative estimate of drug-likeness (QED) is 0.720. The molecule has 100 valence electrons. The minimum Gasteiger partial charge on any atom is -0.467 e. The van der Waals surface area contributed by atoms with Crippen LogP contribution in [0.4, 0.5) is 0 Å². The summed E-state index contributed by atoms with van der Waals surface area (Å²) in [6.07, 6.45) is 0.411. The van der Waals surface area contributed by atoms with Gasteiger partial charge in [-0.05, 0) is 6.92 Å². The van der Waals surface area contributed by atoms with Crippen LogP contribution in [0.1, 0.15) is 13.3 Å². The van der Waals surface area contributed by atoms with Crippen molar-refractivity contribution in [2.45, 2.75) is 25.4 Å². The van der Waals surface area contributed by atoms with Crippen LogP contribution in [0.2, 0.25) is 0 Å². The van der Waals surface area contributed by atoms with E-state index in [0.29, 0.717) is 6.42 Å². The normalized spacial score (nSPS) is 20.9. The van der Waals surface area contributed by atoms with Crippen LogP contribution in [0.3, 0.4) is 0 Å². The summed E-state index contributed by atoms with van der Waals surface area (Å²) < 4.78 is 4.53. The van der Waals surface area contributed by atoms with Crippen molar-refractivity contribution in [3.63, 3.8) is 0 Å². The number of hydrogen-bond donors (Lipinski definition) is 2. The van der Waals surface area contributed by atoms with Crippen LogP contribution in [0.25, 0.3) is 0 Å². The fourth-order valence-corrected chi connectivity index (χ4v) is 2.46. The van der Waals surface area contributed by atoms with Crippen molar-refractivity contribution in [1.29, 1.82) is 0 Å². The van der Waals surface area contributed by atoms with Crippen molar-refractivity contribution in [3.05, 3.63) is 0 Å². The molecule has 1 fully saturated rings. The van der Waals surface area contributed by atoms with E-state index in [-0.39, 0.29) is 24.4 Å². The predicted molar refractivity (Wildman–Crippen MR) is 70.6 cm³/mol. The van der Waals surface area contributed by atoms with Crippen molar-refractivity contribution in [2.75, 3.05) is 25.2 Å². The molecule has 5 nitrogen and oxygen atoms in total. The molecule has 1 aliphatic heterocycles. The number of thioether (sulfide) groups is 1. The van der Waals surface area contributed by atoms with Gasteiger partial charge in [-0.2, -0.15) is 11.8 Å². The summed E-state index contributed by atoms with van der Waals surface area (Å²) in [6.45, 7) is 2.56. The summed E-state index contributed by atoms with van der Waals surface area (Å²) in [5.41, 5.74) is 0. The third-order valence-electron chi connectivity index (χ3n) is 2.36. The zero-order valence-electron chi connectivity index (χ0n) is 10.0. The number of carbonyl (C=O) groups is 2. The molecule has 1 heterocycles. The van der Waals surface area contributed by atoms with Gasteiger partial charge in [0, 0.05) is 30.5 Å². The molecule has 0 bridgehead atoms. The van der Waals surface area contributed by atoms with Crippen molar-refractivity contribution in [2.24, 2.45) is 0 Å². The smallest absolute Gasteiger partial charge is 0.328 e. The molecule has 0 spiro atoms. The lowest BCUT2D eigenvalue weighted by Crippen LogP contribution is -2.45. The Morgan fingerprint density at radius 3 is 2.82 bits per heavy atom. The highest BCUT2D eigenvalue weighted by atomic mass is 35.5. The number of amides is 1. The van der Waals surface area contributed by atoms with Gasteiger partial charge in [-0.1, -0.05) is 0 Å². The molecule has 0 saturated carbocycles. The maximum atomic E-state index is 11.6. The minimum absolute atomic E-state index is 0. The molecule has 0 aromatic carbocycles. The van der Waals surface area contributed by atoms with E-state index >= 15 is 0 Å². The van der Waals surface area contributed by atoms with Crippen LogP contribution < -0.4 is 10.6 Å². The van der Waals surface area contributed by atoms with E-state index in [0.717, 1.165) is 18.1 Å². The average Bonchev–Trinajstić information content (AvgIpc) is 2.29. The molecule has 0 aromatic heterocycles. The maximum absolute atomic E-state index is 11.6. The highest BCUT2D eigenvalue weighted by molar-refractivity contribution is 7.99. The monoisotopic (exact) mass is 282 g/mol. The number of nitrogens with one attached hydrogen (secondary N) is 2. The Hall–Kier alpha value is -0.460. The van der Waals surface area contributed by atoms with E-state index in [9.17, 15) is 9.59 Å². The topological polar surface area (TPSA) is 67.4 Å². The van der Waals surface area contributed by atoms with Crippen molar-refractivity contribution < 1.29 is 14.3 Å². The Kier molecular flexibility index (Phi) is 8.37. The van der Waals surface area contributed by atoms with Crippen LogP contribution in [-0.2, 0) is 14.3 Å². The van der Waals surface area contributed by atoms with Crippen LogP contribution in [0.15, 0.2) is 0 Å². The molecule has 0 aromatic rings. The van der Waals surface area contributed by atoms with Crippen LogP contribution in [0.5, 0.6) is 0 Å². The summed E-state index contributed by atoms with van der Waals surface area (Å²) in [4.78, 5) is 22.7. The Morgan fingerprint density at radius 2 is 2.29 bits per heavy atom. The first kappa shape index (κ1) is 16.5. The Bertz CT molecular complexity index is 260. The SMILES string of the molecule is COC(=O)[C@H](C)NC(=O)CC1CSCCN1.Cl. The third-order valence-corrected chi connectivity index (χ3v) is 3.49. The fourth-order valence-electron chi connectivity index (χ4n) is 1.51. The largest absolute Gasteiger partial charge is 0.467 e.